The number of nitrogens with zero attached hydrogens (tertiary/aromatic N) is 1. The molecule has 1 aromatic heterocycles. The SMILES string of the molecule is CCCCC(Oc1ccc(OCC(=O)O)cc1)c1cccc(-c2ccc(C(F)(F)F)cc2)n1. The highest BCUT2D eigenvalue weighted by molar-refractivity contribution is 5.68. The third-order valence-electron chi connectivity index (χ3n) is 4.89. The van der Waals surface area contributed by atoms with Crippen molar-refractivity contribution in [2.45, 2.75) is 38.5 Å². The Kier molecular flexibility index (Phi) is 7.92. The van der Waals surface area contributed by atoms with E-state index in [1.807, 2.05) is 6.07 Å². The second kappa shape index (κ2) is 10.8. The van der Waals surface area contributed by atoms with Crippen molar-refractivity contribution in [1.29, 1.82) is 0 Å². The number of carboxylic acid groups (broad SMARTS) is 1. The molecule has 0 radical (unpaired) electrons. The molecule has 33 heavy (non-hydrogen) atoms. The van der Waals surface area contributed by atoms with E-state index < -0.39 is 24.3 Å². The van der Waals surface area contributed by atoms with Crippen LogP contribution in [0.5, 0.6) is 11.5 Å². The second-order valence-electron chi connectivity index (χ2n) is 7.43. The molecular formula is C25H24F3NO4. The molecule has 0 bridgehead atoms. The number of aliphatic carboxylic acids is 1. The molecule has 0 aliphatic heterocycles. The van der Waals surface area contributed by atoms with Crippen LogP contribution in [0.4, 0.5) is 13.2 Å². The zero-order chi connectivity index (χ0) is 23.8. The van der Waals surface area contributed by atoms with Crippen molar-refractivity contribution in [3.8, 4) is 22.8 Å². The maximum Gasteiger partial charge on any atom is 0.416 e. The van der Waals surface area contributed by atoms with Crippen LogP contribution in [-0.2, 0) is 11.0 Å². The summed E-state index contributed by atoms with van der Waals surface area (Å²) in [5.41, 5.74) is 1.11. The Morgan fingerprint density at radius 2 is 1.67 bits per heavy atom. The van der Waals surface area contributed by atoms with Gasteiger partial charge in [-0.25, -0.2) is 9.78 Å². The molecule has 8 heteroatoms. The van der Waals surface area contributed by atoms with Crippen molar-refractivity contribution in [1.82, 2.24) is 4.98 Å². The molecule has 5 nitrogen and oxygen atoms in total. The van der Waals surface area contributed by atoms with E-state index in [0.717, 1.165) is 25.0 Å². The number of aromatic nitrogens is 1. The summed E-state index contributed by atoms with van der Waals surface area (Å²) in [6, 6.07) is 16.9. The minimum absolute atomic E-state index is 0.356. The molecule has 0 aliphatic rings. The number of carbonyl (C=O) groups is 1. The van der Waals surface area contributed by atoms with Crippen LogP contribution in [0.1, 0.15) is 43.5 Å². The molecule has 1 unspecified atom stereocenters. The minimum Gasteiger partial charge on any atom is -0.484 e. The zero-order valence-corrected chi connectivity index (χ0v) is 18.0. The van der Waals surface area contributed by atoms with Gasteiger partial charge in [0.1, 0.15) is 17.6 Å². The summed E-state index contributed by atoms with van der Waals surface area (Å²) >= 11 is 0. The number of carboxylic acids is 1. The Labute approximate surface area is 189 Å². The third kappa shape index (κ3) is 6.97. The van der Waals surface area contributed by atoms with E-state index in [-0.39, 0.29) is 6.10 Å². The van der Waals surface area contributed by atoms with Crippen molar-refractivity contribution in [2.75, 3.05) is 6.61 Å². The number of hydrogen-bond acceptors (Lipinski definition) is 4. The lowest BCUT2D eigenvalue weighted by Gasteiger charge is -2.19. The van der Waals surface area contributed by atoms with E-state index in [0.29, 0.717) is 34.9 Å². The van der Waals surface area contributed by atoms with Gasteiger partial charge in [-0.3, -0.25) is 0 Å². The van der Waals surface area contributed by atoms with Crippen LogP contribution in [-0.4, -0.2) is 22.7 Å². The zero-order valence-electron chi connectivity index (χ0n) is 18.0. The molecule has 1 heterocycles. The van der Waals surface area contributed by atoms with E-state index >= 15 is 0 Å². The Morgan fingerprint density at radius 3 is 2.27 bits per heavy atom. The normalized spacial score (nSPS) is 12.2. The van der Waals surface area contributed by atoms with Gasteiger partial charge in [0.25, 0.3) is 0 Å². The Hall–Kier alpha value is -3.55. The standard InChI is InChI=1S/C25H24F3NO4/c1-2-3-7-23(33-20-14-12-19(13-15-20)32-16-24(30)31)22-6-4-5-21(29-22)17-8-10-18(11-9-17)25(26,27)28/h4-6,8-15,23H,2-3,7,16H2,1H3,(H,30,31). The Morgan fingerprint density at radius 1 is 1.00 bits per heavy atom. The first-order chi connectivity index (χ1) is 15.8. The van der Waals surface area contributed by atoms with E-state index in [9.17, 15) is 18.0 Å². The average Bonchev–Trinajstić information content (AvgIpc) is 2.81. The summed E-state index contributed by atoms with van der Waals surface area (Å²) in [5, 5.41) is 8.70. The molecular weight excluding hydrogens is 435 g/mol. The lowest BCUT2D eigenvalue weighted by Crippen LogP contribution is -2.11. The lowest BCUT2D eigenvalue weighted by atomic mass is 10.1. The predicted molar refractivity (Wildman–Crippen MR) is 117 cm³/mol. The molecule has 0 amide bonds. The fourth-order valence-corrected chi connectivity index (χ4v) is 3.20. The quantitative estimate of drug-likeness (QED) is 0.373. The molecule has 1 N–H and O–H groups in total. The number of rotatable bonds is 10. The average molecular weight is 459 g/mol. The van der Waals surface area contributed by atoms with Crippen molar-refractivity contribution in [3.63, 3.8) is 0 Å². The molecule has 0 spiro atoms. The van der Waals surface area contributed by atoms with Crippen molar-refractivity contribution in [3.05, 3.63) is 78.0 Å². The van der Waals surface area contributed by atoms with Crippen molar-refractivity contribution in [2.24, 2.45) is 0 Å². The molecule has 3 rings (SSSR count). The fourth-order valence-electron chi connectivity index (χ4n) is 3.20. The molecule has 0 saturated heterocycles. The van der Waals surface area contributed by atoms with Gasteiger partial charge in [-0.15, -0.1) is 0 Å². The van der Waals surface area contributed by atoms with E-state index in [2.05, 4.69) is 11.9 Å². The smallest absolute Gasteiger partial charge is 0.416 e. The van der Waals surface area contributed by atoms with Gasteiger partial charge in [0.15, 0.2) is 6.61 Å². The van der Waals surface area contributed by atoms with Crippen LogP contribution in [0.2, 0.25) is 0 Å². The summed E-state index contributed by atoms with van der Waals surface area (Å²) in [6.07, 6.45) is -2.18. The molecule has 0 aliphatic carbocycles. The summed E-state index contributed by atoms with van der Waals surface area (Å²) in [4.78, 5) is 15.3. The predicted octanol–water partition coefficient (Wildman–Crippen LogP) is 6.54. The van der Waals surface area contributed by atoms with E-state index in [1.165, 1.54) is 12.1 Å². The van der Waals surface area contributed by atoms with Gasteiger partial charge in [0.05, 0.1) is 17.0 Å². The summed E-state index contributed by atoms with van der Waals surface area (Å²) in [6.45, 7) is 1.64. The molecule has 174 valence electrons. The van der Waals surface area contributed by atoms with Crippen LogP contribution in [0.15, 0.2) is 66.7 Å². The fraction of sp³-hybridized carbons (Fsp3) is 0.280. The number of benzene rings is 2. The Balaban J connectivity index is 1.79. The van der Waals surface area contributed by atoms with Gasteiger partial charge < -0.3 is 14.6 Å². The summed E-state index contributed by atoms with van der Waals surface area (Å²) in [7, 11) is 0. The van der Waals surface area contributed by atoms with Crippen LogP contribution in [0.3, 0.4) is 0 Å². The van der Waals surface area contributed by atoms with Gasteiger partial charge in [-0.2, -0.15) is 13.2 Å². The summed E-state index contributed by atoms with van der Waals surface area (Å²) < 4.78 is 49.9. The van der Waals surface area contributed by atoms with Gasteiger partial charge in [0.2, 0.25) is 0 Å². The first-order valence-corrected chi connectivity index (χ1v) is 10.5. The highest BCUT2D eigenvalue weighted by Gasteiger charge is 2.30. The maximum atomic E-state index is 12.9. The molecule has 1 atom stereocenters. The first-order valence-electron chi connectivity index (χ1n) is 10.5. The topological polar surface area (TPSA) is 68.7 Å². The van der Waals surface area contributed by atoms with E-state index in [4.69, 9.17) is 14.6 Å². The Bertz CT molecular complexity index is 1050. The number of hydrogen-bond donors (Lipinski definition) is 1. The van der Waals surface area contributed by atoms with E-state index in [1.54, 1.807) is 36.4 Å². The number of halogens is 3. The summed E-state index contributed by atoms with van der Waals surface area (Å²) in [5.74, 6) is -0.0771. The van der Waals surface area contributed by atoms with Gasteiger partial charge in [0, 0.05) is 5.56 Å². The molecule has 0 saturated carbocycles. The lowest BCUT2D eigenvalue weighted by molar-refractivity contribution is -0.139. The van der Waals surface area contributed by atoms with Gasteiger partial charge >= 0.3 is 12.1 Å². The number of pyridine rings is 1. The number of ether oxygens (including phenoxy) is 2. The molecule has 0 fully saturated rings. The van der Waals surface area contributed by atoms with Gasteiger partial charge in [-0.1, -0.05) is 31.5 Å². The first kappa shape index (κ1) is 24.1. The molecule has 3 aromatic rings. The number of alkyl halides is 3. The number of unbranched alkanes of at least 4 members (excludes halogenated alkanes) is 1. The second-order valence-corrected chi connectivity index (χ2v) is 7.43. The van der Waals surface area contributed by atoms with Crippen molar-refractivity contribution >= 4 is 5.97 Å². The highest BCUT2D eigenvalue weighted by Crippen LogP contribution is 2.32. The van der Waals surface area contributed by atoms with Crippen LogP contribution < -0.4 is 9.47 Å². The van der Waals surface area contributed by atoms with Crippen molar-refractivity contribution < 1.29 is 32.5 Å². The highest BCUT2D eigenvalue weighted by atomic mass is 19.4. The monoisotopic (exact) mass is 459 g/mol. The molecule has 2 aromatic carbocycles. The maximum absolute atomic E-state index is 12.9. The minimum atomic E-state index is -4.39. The largest absolute Gasteiger partial charge is 0.484 e. The van der Waals surface area contributed by atoms with Gasteiger partial charge in [-0.05, 0) is 61.4 Å². The van der Waals surface area contributed by atoms with Crippen LogP contribution >= 0.6 is 0 Å². The third-order valence-corrected chi connectivity index (χ3v) is 4.89. The van der Waals surface area contributed by atoms with Crippen LogP contribution in [0, 0.1) is 0 Å². The van der Waals surface area contributed by atoms with Crippen LogP contribution in [0.25, 0.3) is 11.3 Å².